The molecule has 1 unspecified atom stereocenters. The zero-order chi connectivity index (χ0) is 11.9. The summed E-state index contributed by atoms with van der Waals surface area (Å²) in [6.07, 6.45) is 0. The second kappa shape index (κ2) is 3.61. The van der Waals surface area contributed by atoms with Gasteiger partial charge in [0.2, 0.25) is 0 Å². The van der Waals surface area contributed by atoms with Crippen LogP contribution in [0.5, 0.6) is 0 Å². The second-order valence-electron chi connectivity index (χ2n) is 3.94. The molecular weight excluding hydrogens is 206 g/mol. The van der Waals surface area contributed by atoms with Gasteiger partial charge in [0, 0.05) is 29.3 Å². The molecule has 5 nitrogen and oxygen atoms in total. The Morgan fingerprint density at radius 1 is 1.50 bits per heavy atom. The Labute approximate surface area is 92.4 Å². The molecule has 5 heteroatoms. The standard InChI is InChI=1S/C11H13N3O2/c1-6(12)11-7(2)13-10-5-8(14(15)16)3-4-9(10)11/h3-6,13H,12H2,1-2H3. The Morgan fingerprint density at radius 3 is 2.75 bits per heavy atom. The van der Waals surface area contributed by atoms with Crippen molar-refractivity contribution in [1.29, 1.82) is 0 Å². The highest BCUT2D eigenvalue weighted by Gasteiger charge is 2.14. The van der Waals surface area contributed by atoms with Crippen molar-refractivity contribution in [2.75, 3.05) is 0 Å². The normalized spacial score (nSPS) is 12.9. The number of aromatic amines is 1. The number of nitrogens with two attached hydrogens (primary N) is 1. The average Bonchev–Trinajstić information content (AvgIpc) is 2.51. The quantitative estimate of drug-likeness (QED) is 0.600. The Kier molecular flexibility index (Phi) is 2.40. The van der Waals surface area contributed by atoms with Gasteiger partial charge in [0.25, 0.3) is 5.69 Å². The van der Waals surface area contributed by atoms with Crippen molar-refractivity contribution in [1.82, 2.24) is 4.98 Å². The minimum absolute atomic E-state index is 0.0878. The Hall–Kier alpha value is -1.88. The van der Waals surface area contributed by atoms with E-state index >= 15 is 0 Å². The van der Waals surface area contributed by atoms with E-state index in [-0.39, 0.29) is 11.7 Å². The van der Waals surface area contributed by atoms with E-state index in [1.165, 1.54) is 12.1 Å². The molecule has 1 heterocycles. The summed E-state index contributed by atoms with van der Waals surface area (Å²) in [4.78, 5) is 13.4. The summed E-state index contributed by atoms with van der Waals surface area (Å²) in [6.45, 7) is 3.82. The fraction of sp³-hybridized carbons (Fsp3) is 0.273. The van der Waals surface area contributed by atoms with Crippen LogP contribution >= 0.6 is 0 Å². The fourth-order valence-corrected chi connectivity index (χ4v) is 2.04. The van der Waals surface area contributed by atoms with E-state index in [1.807, 2.05) is 13.8 Å². The molecule has 1 atom stereocenters. The van der Waals surface area contributed by atoms with Crippen molar-refractivity contribution in [2.45, 2.75) is 19.9 Å². The first kappa shape index (κ1) is 10.6. The number of hydrogen-bond acceptors (Lipinski definition) is 3. The van der Waals surface area contributed by atoms with Crippen molar-refractivity contribution < 1.29 is 4.92 Å². The van der Waals surface area contributed by atoms with E-state index in [0.29, 0.717) is 0 Å². The van der Waals surface area contributed by atoms with Crippen LogP contribution in [0, 0.1) is 17.0 Å². The predicted molar refractivity (Wildman–Crippen MR) is 62.3 cm³/mol. The number of nitro groups is 1. The van der Waals surface area contributed by atoms with Gasteiger partial charge in [-0.2, -0.15) is 0 Å². The molecule has 3 N–H and O–H groups in total. The molecule has 0 amide bonds. The van der Waals surface area contributed by atoms with Gasteiger partial charge in [-0.1, -0.05) is 0 Å². The largest absolute Gasteiger partial charge is 0.358 e. The van der Waals surface area contributed by atoms with Crippen molar-refractivity contribution >= 4 is 16.6 Å². The molecule has 84 valence electrons. The van der Waals surface area contributed by atoms with Gasteiger partial charge in [-0.15, -0.1) is 0 Å². The van der Waals surface area contributed by atoms with Gasteiger partial charge in [0.15, 0.2) is 0 Å². The lowest BCUT2D eigenvalue weighted by atomic mass is 10.1. The number of benzene rings is 1. The second-order valence-corrected chi connectivity index (χ2v) is 3.94. The molecule has 0 saturated heterocycles. The van der Waals surface area contributed by atoms with Gasteiger partial charge in [-0.05, 0) is 25.5 Å². The van der Waals surface area contributed by atoms with Crippen LogP contribution in [-0.4, -0.2) is 9.91 Å². The van der Waals surface area contributed by atoms with Gasteiger partial charge < -0.3 is 10.7 Å². The molecule has 0 fully saturated rings. The molecule has 2 rings (SSSR count). The molecular formula is C11H13N3O2. The molecule has 0 aliphatic carbocycles. The molecule has 1 aromatic carbocycles. The lowest BCUT2D eigenvalue weighted by molar-refractivity contribution is -0.384. The topological polar surface area (TPSA) is 84.9 Å². The first-order valence-corrected chi connectivity index (χ1v) is 5.03. The molecule has 0 radical (unpaired) electrons. The van der Waals surface area contributed by atoms with E-state index in [9.17, 15) is 10.1 Å². The molecule has 0 saturated carbocycles. The first-order chi connectivity index (χ1) is 7.50. The number of nitrogens with one attached hydrogen (secondary N) is 1. The van der Waals surface area contributed by atoms with Crippen LogP contribution in [0.15, 0.2) is 18.2 Å². The number of nitro benzene ring substituents is 1. The smallest absolute Gasteiger partial charge is 0.271 e. The number of aryl methyl sites for hydroxylation is 1. The minimum atomic E-state index is -0.402. The average molecular weight is 219 g/mol. The number of fused-ring (bicyclic) bond motifs is 1. The van der Waals surface area contributed by atoms with Crippen LogP contribution < -0.4 is 5.73 Å². The summed E-state index contributed by atoms with van der Waals surface area (Å²) in [6, 6.07) is 4.70. The molecule has 1 aromatic heterocycles. The monoisotopic (exact) mass is 219 g/mol. The van der Waals surface area contributed by atoms with Crippen molar-refractivity contribution in [3.05, 3.63) is 39.6 Å². The van der Waals surface area contributed by atoms with Crippen LogP contribution in [0.25, 0.3) is 10.9 Å². The summed E-state index contributed by atoms with van der Waals surface area (Å²) in [7, 11) is 0. The van der Waals surface area contributed by atoms with E-state index < -0.39 is 4.92 Å². The number of aromatic nitrogens is 1. The fourth-order valence-electron chi connectivity index (χ4n) is 2.04. The van der Waals surface area contributed by atoms with Crippen LogP contribution in [0.1, 0.15) is 24.2 Å². The van der Waals surface area contributed by atoms with Gasteiger partial charge in [-0.25, -0.2) is 0 Å². The highest BCUT2D eigenvalue weighted by Crippen LogP contribution is 2.28. The summed E-state index contributed by atoms with van der Waals surface area (Å²) in [5.74, 6) is 0. The van der Waals surface area contributed by atoms with Crippen LogP contribution in [-0.2, 0) is 0 Å². The van der Waals surface area contributed by atoms with E-state index in [0.717, 1.165) is 22.2 Å². The van der Waals surface area contributed by atoms with E-state index in [1.54, 1.807) is 6.07 Å². The van der Waals surface area contributed by atoms with Gasteiger partial charge in [-0.3, -0.25) is 10.1 Å². The third-order valence-electron chi connectivity index (χ3n) is 2.69. The minimum Gasteiger partial charge on any atom is -0.358 e. The molecule has 0 aliphatic rings. The molecule has 0 aliphatic heterocycles. The van der Waals surface area contributed by atoms with Gasteiger partial charge in [0.05, 0.1) is 10.4 Å². The maximum Gasteiger partial charge on any atom is 0.271 e. The summed E-state index contributed by atoms with van der Waals surface area (Å²) in [5, 5.41) is 11.6. The first-order valence-electron chi connectivity index (χ1n) is 5.03. The number of H-pyrrole nitrogens is 1. The number of hydrogen-bond donors (Lipinski definition) is 2. The third kappa shape index (κ3) is 1.55. The lowest BCUT2D eigenvalue weighted by Gasteiger charge is -2.04. The Bertz CT molecular complexity index is 558. The zero-order valence-corrected chi connectivity index (χ0v) is 9.15. The number of non-ortho nitro benzene ring substituents is 1. The Balaban J connectivity index is 2.70. The van der Waals surface area contributed by atoms with Crippen LogP contribution in [0.3, 0.4) is 0 Å². The van der Waals surface area contributed by atoms with Crippen molar-refractivity contribution in [3.63, 3.8) is 0 Å². The number of rotatable bonds is 2. The molecule has 2 aromatic rings. The molecule has 0 spiro atoms. The van der Waals surface area contributed by atoms with Gasteiger partial charge >= 0.3 is 0 Å². The maximum absolute atomic E-state index is 10.6. The Morgan fingerprint density at radius 2 is 2.19 bits per heavy atom. The summed E-state index contributed by atoms with van der Waals surface area (Å²) >= 11 is 0. The SMILES string of the molecule is Cc1[nH]c2cc([N+](=O)[O-])ccc2c1C(C)N. The highest BCUT2D eigenvalue weighted by molar-refractivity contribution is 5.86. The van der Waals surface area contributed by atoms with Crippen molar-refractivity contribution in [2.24, 2.45) is 5.73 Å². The predicted octanol–water partition coefficient (Wildman–Crippen LogP) is 2.40. The number of nitrogens with zero attached hydrogens (tertiary/aromatic N) is 1. The van der Waals surface area contributed by atoms with Crippen molar-refractivity contribution in [3.8, 4) is 0 Å². The van der Waals surface area contributed by atoms with Crippen LogP contribution in [0.2, 0.25) is 0 Å². The van der Waals surface area contributed by atoms with Crippen LogP contribution in [0.4, 0.5) is 5.69 Å². The zero-order valence-electron chi connectivity index (χ0n) is 9.15. The molecule has 16 heavy (non-hydrogen) atoms. The molecule has 0 bridgehead atoms. The summed E-state index contributed by atoms with van der Waals surface area (Å²) in [5.41, 5.74) is 8.70. The van der Waals surface area contributed by atoms with E-state index in [4.69, 9.17) is 5.73 Å². The van der Waals surface area contributed by atoms with E-state index in [2.05, 4.69) is 4.98 Å². The third-order valence-corrected chi connectivity index (χ3v) is 2.69. The maximum atomic E-state index is 10.6. The highest BCUT2D eigenvalue weighted by atomic mass is 16.6. The van der Waals surface area contributed by atoms with Gasteiger partial charge in [0.1, 0.15) is 0 Å². The lowest BCUT2D eigenvalue weighted by Crippen LogP contribution is -2.05. The summed E-state index contributed by atoms with van der Waals surface area (Å²) < 4.78 is 0.